The summed E-state index contributed by atoms with van der Waals surface area (Å²) >= 11 is 0. The van der Waals surface area contributed by atoms with E-state index in [0.29, 0.717) is 6.54 Å². The third-order valence-corrected chi connectivity index (χ3v) is 1.84. The summed E-state index contributed by atoms with van der Waals surface area (Å²) in [7, 11) is 0. The quantitative estimate of drug-likeness (QED) is 0.678. The molecule has 3 heteroatoms. The van der Waals surface area contributed by atoms with Crippen LogP contribution < -0.4 is 0 Å². The van der Waals surface area contributed by atoms with Crippen LogP contribution in [0.5, 0.6) is 0 Å². The van der Waals surface area contributed by atoms with E-state index in [4.69, 9.17) is 5.11 Å². The molecule has 0 aliphatic rings. The monoisotopic (exact) mass is 185 g/mol. The first-order valence-electron chi connectivity index (χ1n) is 4.46. The first kappa shape index (κ1) is 12.2. The number of carbonyl (C=O) groups is 1. The average molecular weight is 185 g/mol. The minimum Gasteiger partial charge on any atom is -0.480 e. The highest BCUT2D eigenvalue weighted by molar-refractivity contribution is 5.69. The van der Waals surface area contributed by atoms with Gasteiger partial charge in [0.1, 0.15) is 0 Å². The van der Waals surface area contributed by atoms with Crippen molar-refractivity contribution in [3.05, 3.63) is 12.2 Å². The van der Waals surface area contributed by atoms with E-state index >= 15 is 0 Å². The lowest BCUT2D eigenvalue weighted by molar-refractivity contribution is -0.139. The van der Waals surface area contributed by atoms with Gasteiger partial charge in [-0.15, -0.1) is 0 Å². The molecule has 0 unspecified atom stereocenters. The van der Waals surface area contributed by atoms with Crippen molar-refractivity contribution in [2.24, 2.45) is 0 Å². The van der Waals surface area contributed by atoms with Gasteiger partial charge in [0.15, 0.2) is 0 Å². The highest BCUT2D eigenvalue weighted by Crippen LogP contribution is 2.12. The van der Waals surface area contributed by atoms with Crippen molar-refractivity contribution in [2.45, 2.75) is 33.2 Å². The Kier molecular flexibility index (Phi) is 4.70. The molecule has 0 aliphatic heterocycles. The van der Waals surface area contributed by atoms with Gasteiger partial charge in [-0.05, 0) is 27.7 Å². The summed E-state index contributed by atoms with van der Waals surface area (Å²) < 4.78 is 0. The Morgan fingerprint density at radius 2 is 2.00 bits per heavy atom. The normalized spacial score (nSPS) is 12.7. The van der Waals surface area contributed by atoms with E-state index in [0.717, 1.165) is 0 Å². The summed E-state index contributed by atoms with van der Waals surface area (Å²) in [5, 5.41) is 8.68. The van der Waals surface area contributed by atoms with Crippen LogP contribution in [0.4, 0.5) is 0 Å². The largest absolute Gasteiger partial charge is 0.480 e. The predicted octanol–water partition coefficient (Wildman–Crippen LogP) is 1.75. The Morgan fingerprint density at radius 1 is 1.46 bits per heavy atom. The minimum atomic E-state index is -0.778. The smallest absolute Gasteiger partial charge is 0.317 e. The van der Waals surface area contributed by atoms with Crippen LogP contribution in [-0.2, 0) is 4.79 Å². The molecule has 0 saturated heterocycles. The van der Waals surface area contributed by atoms with E-state index < -0.39 is 5.97 Å². The van der Waals surface area contributed by atoms with Crippen molar-refractivity contribution in [2.75, 3.05) is 13.1 Å². The lowest BCUT2D eigenvalue weighted by Crippen LogP contribution is -2.44. The van der Waals surface area contributed by atoms with Crippen molar-refractivity contribution in [1.82, 2.24) is 4.90 Å². The Balaban J connectivity index is 4.28. The molecule has 0 amide bonds. The zero-order valence-electron chi connectivity index (χ0n) is 8.87. The second-order valence-electron chi connectivity index (χ2n) is 4.01. The van der Waals surface area contributed by atoms with Crippen molar-refractivity contribution >= 4 is 5.97 Å². The highest BCUT2D eigenvalue weighted by atomic mass is 16.4. The molecule has 0 aromatic carbocycles. The van der Waals surface area contributed by atoms with Crippen molar-refractivity contribution in [3.8, 4) is 0 Å². The minimum absolute atomic E-state index is 0.0911. The fourth-order valence-corrected chi connectivity index (χ4v) is 0.972. The van der Waals surface area contributed by atoms with Gasteiger partial charge in [0.05, 0.1) is 6.54 Å². The second-order valence-corrected chi connectivity index (χ2v) is 4.01. The summed E-state index contributed by atoms with van der Waals surface area (Å²) in [5.74, 6) is -0.778. The molecule has 1 N–H and O–H groups in total. The molecule has 0 aromatic rings. The van der Waals surface area contributed by atoms with Crippen LogP contribution >= 0.6 is 0 Å². The van der Waals surface area contributed by atoms with Gasteiger partial charge in [-0.25, -0.2) is 0 Å². The molecule has 13 heavy (non-hydrogen) atoms. The van der Waals surface area contributed by atoms with Gasteiger partial charge in [-0.2, -0.15) is 0 Å². The van der Waals surface area contributed by atoms with Crippen LogP contribution in [0.15, 0.2) is 12.2 Å². The van der Waals surface area contributed by atoms with Crippen LogP contribution in [0.1, 0.15) is 27.7 Å². The second kappa shape index (κ2) is 5.02. The molecule has 0 fully saturated rings. The lowest BCUT2D eigenvalue weighted by Gasteiger charge is -2.33. The van der Waals surface area contributed by atoms with E-state index in [1.165, 1.54) is 0 Å². The maximum atomic E-state index is 10.6. The molecule has 0 atom stereocenters. The van der Waals surface area contributed by atoms with Crippen LogP contribution in [0.3, 0.4) is 0 Å². The third-order valence-electron chi connectivity index (χ3n) is 1.84. The van der Waals surface area contributed by atoms with Crippen molar-refractivity contribution < 1.29 is 9.90 Å². The number of rotatable bonds is 4. The third kappa shape index (κ3) is 5.42. The van der Waals surface area contributed by atoms with E-state index in [9.17, 15) is 4.79 Å². The maximum absolute atomic E-state index is 10.6. The highest BCUT2D eigenvalue weighted by Gasteiger charge is 2.21. The van der Waals surface area contributed by atoms with Crippen LogP contribution in [0.25, 0.3) is 0 Å². The molecule has 0 heterocycles. The van der Waals surface area contributed by atoms with Gasteiger partial charge < -0.3 is 5.11 Å². The fourth-order valence-electron chi connectivity index (χ4n) is 0.972. The zero-order chi connectivity index (χ0) is 10.5. The Labute approximate surface area is 80.0 Å². The number of aliphatic carboxylic acids is 1. The molecule has 0 rings (SSSR count). The van der Waals surface area contributed by atoms with Crippen LogP contribution in [0.2, 0.25) is 0 Å². The molecule has 0 saturated carbocycles. The molecule has 3 nitrogen and oxygen atoms in total. The summed E-state index contributed by atoms with van der Waals surface area (Å²) in [5.41, 5.74) is -0.0993. The molecule has 0 spiro atoms. The number of allylic oxidation sites excluding steroid dienone is 1. The van der Waals surface area contributed by atoms with Crippen LogP contribution in [0, 0.1) is 0 Å². The standard InChI is InChI=1S/C10H19NO2/c1-5-6-7-11(8-9(12)13)10(2,3)4/h5-6H,7-8H2,1-4H3,(H,12,13). The summed E-state index contributed by atoms with van der Waals surface area (Å²) in [6, 6.07) is 0. The Bertz CT molecular complexity index is 192. The van der Waals surface area contributed by atoms with E-state index in [1.54, 1.807) is 0 Å². The molecule has 0 radical (unpaired) electrons. The number of hydrogen-bond donors (Lipinski definition) is 1. The average Bonchev–Trinajstić information content (AvgIpc) is 1.95. The molecule has 0 aliphatic carbocycles. The SMILES string of the molecule is CC=CCN(CC(=O)O)C(C)(C)C. The maximum Gasteiger partial charge on any atom is 0.317 e. The van der Waals surface area contributed by atoms with Gasteiger partial charge in [0.25, 0.3) is 0 Å². The first-order chi connectivity index (χ1) is 5.88. The van der Waals surface area contributed by atoms with Gasteiger partial charge in [0, 0.05) is 12.1 Å². The first-order valence-corrected chi connectivity index (χ1v) is 4.46. The number of nitrogens with zero attached hydrogens (tertiary/aromatic N) is 1. The van der Waals surface area contributed by atoms with Gasteiger partial charge in [0.2, 0.25) is 0 Å². The molecule has 0 bridgehead atoms. The molecule has 0 aromatic heterocycles. The Hall–Kier alpha value is -0.830. The number of carboxylic acid groups (broad SMARTS) is 1. The van der Waals surface area contributed by atoms with Gasteiger partial charge in [-0.1, -0.05) is 12.2 Å². The predicted molar refractivity (Wildman–Crippen MR) is 53.8 cm³/mol. The Morgan fingerprint density at radius 3 is 2.31 bits per heavy atom. The zero-order valence-corrected chi connectivity index (χ0v) is 8.87. The van der Waals surface area contributed by atoms with Crippen LogP contribution in [-0.4, -0.2) is 34.6 Å². The van der Waals surface area contributed by atoms with Gasteiger partial charge >= 0.3 is 5.97 Å². The molecular weight excluding hydrogens is 166 g/mol. The van der Waals surface area contributed by atoms with E-state index in [-0.39, 0.29) is 12.1 Å². The number of carboxylic acids is 1. The van der Waals surface area contributed by atoms with Crippen molar-refractivity contribution in [3.63, 3.8) is 0 Å². The lowest BCUT2D eigenvalue weighted by atomic mass is 10.1. The summed E-state index contributed by atoms with van der Waals surface area (Å²) in [6.45, 7) is 8.75. The summed E-state index contributed by atoms with van der Waals surface area (Å²) in [6.07, 6.45) is 3.90. The van der Waals surface area contributed by atoms with E-state index in [1.807, 2.05) is 44.7 Å². The van der Waals surface area contributed by atoms with Gasteiger partial charge in [-0.3, -0.25) is 9.69 Å². The summed E-state index contributed by atoms with van der Waals surface area (Å²) in [4.78, 5) is 12.5. The molecular formula is C10H19NO2. The molecule has 76 valence electrons. The number of hydrogen-bond acceptors (Lipinski definition) is 2. The van der Waals surface area contributed by atoms with Crippen molar-refractivity contribution in [1.29, 1.82) is 0 Å². The van der Waals surface area contributed by atoms with E-state index in [2.05, 4.69) is 0 Å². The fraction of sp³-hybridized carbons (Fsp3) is 0.700. The topological polar surface area (TPSA) is 40.5 Å².